The van der Waals surface area contributed by atoms with E-state index in [1.165, 1.54) is 22.3 Å². The van der Waals surface area contributed by atoms with Crippen molar-refractivity contribution >= 4 is 6.09 Å². The number of aliphatic hydroxyl groups is 1. The van der Waals surface area contributed by atoms with Crippen LogP contribution in [0.2, 0.25) is 0 Å². The molecule has 4 rings (SSSR count). The fraction of sp³-hybridized carbons (Fsp3) is 0.250. The highest BCUT2D eigenvalue weighted by molar-refractivity contribution is 5.79. The number of rotatable bonds is 6. The number of nitrogens with zero attached hydrogens (tertiary/aromatic N) is 3. The fourth-order valence-corrected chi connectivity index (χ4v) is 3.44. The molecule has 7 nitrogen and oxygen atoms in total. The predicted octanol–water partition coefficient (Wildman–Crippen LogP) is 2.31. The molecular weight excluding hydrogens is 344 g/mol. The molecule has 1 amide bonds. The van der Waals surface area contributed by atoms with Crippen molar-refractivity contribution in [2.45, 2.75) is 19.1 Å². The van der Waals surface area contributed by atoms with E-state index < -0.39 is 6.09 Å². The third-order valence-corrected chi connectivity index (χ3v) is 4.70. The Hall–Kier alpha value is -3.19. The summed E-state index contributed by atoms with van der Waals surface area (Å²) in [6.07, 6.45) is 1.18. The van der Waals surface area contributed by atoms with Crippen molar-refractivity contribution in [3.05, 3.63) is 71.5 Å². The van der Waals surface area contributed by atoms with E-state index in [9.17, 15) is 4.79 Å². The molecule has 0 unspecified atom stereocenters. The van der Waals surface area contributed by atoms with Gasteiger partial charge in [-0.05, 0) is 22.3 Å². The monoisotopic (exact) mass is 364 g/mol. The number of hydrogen-bond donors (Lipinski definition) is 2. The van der Waals surface area contributed by atoms with E-state index in [0.29, 0.717) is 18.8 Å². The number of aliphatic hydroxyl groups excluding tert-OH is 1. The number of aromatic nitrogens is 3. The lowest BCUT2D eigenvalue weighted by Gasteiger charge is -2.14. The second kappa shape index (κ2) is 7.59. The molecule has 0 saturated carbocycles. The third-order valence-electron chi connectivity index (χ3n) is 4.70. The van der Waals surface area contributed by atoms with Gasteiger partial charge in [-0.25, -0.2) is 4.79 Å². The van der Waals surface area contributed by atoms with Crippen LogP contribution in [0, 0.1) is 0 Å². The molecule has 2 aromatic carbocycles. The lowest BCUT2D eigenvalue weighted by Crippen LogP contribution is -2.29. The summed E-state index contributed by atoms with van der Waals surface area (Å²) in [6, 6.07) is 16.5. The van der Waals surface area contributed by atoms with Crippen molar-refractivity contribution < 1.29 is 14.6 Å². The molecule has 1 aliphatic carbocycles. The Labute approximate surface area is 156 Å². The summed E-state index contributed by atoms with van der Waals surface area (Å²) < 4.78 is 7.03. The Bertz CT molecular complexity index is 908. The van der Waals surface area contributed by atoms with E-state index in [4.69, 9.17) is 9.84 Å². The lowest BCUT2D eigenvalue weighted by molar-refractivity contribution is 0.142. The Kier molecular flexibility index (Phi) is 4.84. The van der Waals surface area contributed by atoms with Gasteiger partial charge in [0.2, 0.25) is 0 Å². The minimum atomic E-state index is -0.459. The molecule has 0 radical (unpaired) electrons. The molecule has 3 aromatic rings. The van der Waals surface area contributed by atoms with Crippen LogP contribution in [0.15, 0.2) is 54.7 Å². The molecule has 0 aliphatic heterocycles. The number of nitrogens with one attached hydrogen (secondary N) is 1. The molecule has 0 saturated heterocycles. The number of ether oxygens (including phenoxy) is 1. The number of hydrogen-bond acceptors (Lipinski definition) is 5. The predicted molar refractivity (Wildman–Crippen MR) is 99.0 cm³/mol. The highest BCUT2D eigenvalue weighted by Gasteiger charge is 2.28. The number of fused-ring (bicyclic) bond motifs is 3. The summed E-state index contributed by atoms with van der Waals surface area (Å²) in [7, 11) is 0. The van der Waals surface area contributed by atoms with Crippen LogP contribution in [0.1, 0.15) is 22.7 Å². The van der Waals surface area contributed by atoms with Crippen LogP contribution in [-0.2, 0) is 17.9 Å². The van der Waals surface area contributed by atoms with Gasteiger partial charge in [-0.1, -0.05) is 53.7 Å². The van der Waals surface area contributed by atoms with Crippen molar-refractivity contribution in [2.75, 3.05) is 13.2 Å². The molecule has 0 spiro atoms. The molecule has 2 N–H and O–H groups in total. The second-order valence-electron chi connectivity index (χ2n) is 6.38. The number of amides is 1. The van der Waals surface area contributed by atoms with Crippen LogP contribution in [-0.4, -0.2) is 39.3 Å². The zero-order chi connectivity index (χ0) is 18.6. The molecule has 1 heterocycles. The fourth-order valence-electron chi connectivity index (χ4n) is 3.44. The van der Waals surface area contributed by atoms with Gasteiger partial charge in [0.25, 0.3) is 0 Å². The van der Waals surface area contributed by atoms with Crippen LogP contribution < -0.4 is 5.32 Å². The highest BCUT2D eigenvalue weighted by atomic mass is 16.5. The van der Waals surface area contributed by atoms with Gasteiger partial charge in [0.15, 0.2) is 0 Å². The molecule has 0 fully saturated rings. The molecule has 7 heteroatoms. The van der Waals surface area contributed by atoms with Crippen molar-refractivity contribution in [1.29, 1.82) is 0 Å². The molecule has 1 aromatic heterocycles. The van der Waals surface area contributed by atoms with Crippen molar-refractivity contribution in [3.63, 3.8) is 0 Å². The molecule has 138 valence electrons. The van der Waals surface area contributed by atoms with Gasteiger partial charge in [0, 0.05) is 12.5 Å². The van der Waals surface area contributed by atoms with Crippen molar-refractivity contribution in [2.24, 2.45) is 0 Å². The maximum absolute atomic E-state index is 12.1. The van der Waals surface area contributed by atoms with Crippen LogP contribution in [0.3, 0.4) is 0 Å². The lowest BCUT2D eigenvalue weighted by atomic mass is 9.98. The average Bonchev–Trinajstić information content (AvgIpc) is 3.29. The van der Waals surface area contributed by atoms with E-state index in [1.54, 1.807) is 10.9 Å². The summed E-state index contributed by atoms with van der Waals surface area (Å²) >= 11 is 0. The third kappa shape index (κ3) is 3.54. The summed E-state index contributed by atoms with van der Waals surface area (Å²) in [5.41, 5.74) is 5.27. The SMILES string of the molecule is O=C(NCCn1cc(CO)nn1)OCC1c2ccccc2-c2ccccc21. The minimum Gasteiger partial charge on any atom is -0.449 e. The first-order valence-electron chi connectivity index (χ1n) is 8.85. The standard InChI is InChI=1S/C20H20N4O3/c25-12-14-11-24(23-22-14)10-9-21-20(26)27-13-19-17-7-3-1-5-15(17)16-6-2-4-8-18(16)19/h1-8,11,19,25H,9-10,12-13H2,(H,21,26). The van der Waals surface area contributed by atoms with E-state index in [2.05, 4.69) is 39.9 Å². The summed E-state index contributed by atoms with van der Waals surface area (Å²) in [5, 5.41) is 19.3. The van der Waals surface area contributed by atoms with E-state index in [1.807, 2.05) is 24.3 Å². The van der Waals surface area contributed by atoms with E-state index in [0.717, 1.165) is 0 Å². The van der Waals surface area contributed by atoms with Gasteiger partial charge in [0.1, 0.15) is 12.3 Å². The van der Waals surface area contributed by atoms with Gasteiger partial charge < -0.3 is 15.2 Å². The Morgan fingerprint density at radius 2 is 1.78 bits per heavy atom. The van der Waals surface area contributed by atoms with Gasteiger partial charge in [0.05, 0.1) is 19.3 Å². The second-order valence-corrected chi connectivity index (χ2v) is 6.38. The van der Waals surface area contributed by atoms with Crippen LogP contribution >= 0.6 is 0 Å². The van der Waals surface area contributed by atoms with Gasteiger partial charge in [-0.2, -0.15) is 0 Å². The zero-order valence-electron chi connectivity index (χ0n) is 14.7. The van der Waals surface area contributed by atoms with Crippen molar-refractivity contribution in [1.82, 2.24) is 20.3 Å². The average molecular weight is 364 g/mol. The first-order chi connectivity index (χ1) is 13.3. The molecule has 0 bridgehead atoms. The Balaban J connectivity index is 1.34. The van der Waals surface area contributed by atoms with Gasteiger partial charge in [-0.3, -0.25) is 4.68 Å². The molecule has 0 atom stereocenters. The summed E-state index contributed by atoms with van der Waals surface area (Å²) in [6.45, 7) is 0.958. The van der Waals surface area contributed by atoms with Gasteiger partial charge >= 0.3 is 6.09 Å². The van der Waals surface area contributed by atoms with Crippen LogP contribution in [0.5, 0.6) is 0 Å². The normalized spacial score (nSPS) is 12.5. The molecule has 27 heavy (non-hydrogen) atoms. The van der Waals surface area contributed by atoms with E-state index >= 15 is 0 Å². The zero-order valence-corrected chi connectivity index (χ0v) is 14.7. The maximum Gasteiger partial charge on any atom is 0.407 e. The Morgan fingerprint density at radius 3 is 2.41 bits per heavy atom. The quantitative estimate of drug-likeness (QED) is 0.701. The minimum absolute atomic E-state index is 0.0468. The number of carbonyl (C=O) groups excluding carboxylic acids is 1. The number of carbonyl (C=O) groups is 1. The number of alkyl carbamates (subject to hydrolysis) is 1. The largest absolute Gasteiger partial charge is 0.449 e. The maximum atomic E-state index is 12.1. The van der Waals surface area contributed by atoms with Gasteiger partial charge in [-0.15, -0.1) is 5.10 Å². The van der Waals surface area contributed by atoms with Crippen LogP contribution in [0.4, 0.5) is 4.79 Å². The van der Waals surface area contributed by atoms with E-state index in [-0.39, 0.29) is 19.1 Å². The molecule has 1 aliphatic rings. The van der Waals surface area contributed by atoms with Crippen LogP contribution in [0.25, 0.3) is 11.1 Å². The first kappa shape index (κ1) is 17.2. The summed E-state index contributed by atoms with van der Waals surface area (Å²) in [4.78, 5) is 12.1. The number of benzene rings is 2. The van der Waals surface area contributed by atoms with Crippen molar-refractivity contribution in [3.8, 4) is 11.1 Å². The topological polar surface area (TPSA) is 89.3 Å². The highest BCUT2D eigenvalue weighted by Crippen LogP contribution is 2.44. The molecular formula is C20H20N4O3. The smallest absolute Gasteiger partial charge is 0.407 e. The Morgan fingerprint density at radius 1 is 1.11 bits per heavy atom. The summed E-state index contributed by atoms with van der Waals surface area (Å²) in [5.74, 6) is 0.0468. The first-order valence-corrected chi connectivity index (χ1v) is 8.85.